The summed E-state index contributed by atoms with van der Waals surface area (Å²) in [5.41, 5.74) is 8.46. The average Bonchev–Trinajstić information content (AvgIpc) is 2.82. The van der Waals surface area contributed by atoms with E-state index >= 15 is 0 Å². The average molecular weight is 229 g/mol. The minimum atomic E-state index is 0.589. The summed E-state index contributed by atoms with van der Waals surface area (Å²) >= 11 is 1.63. The molecule has 2 aromatic rings. The Balaban J connectivity index is 2.27. The van der Waals surface area contributed by atoms with Gasteiger partial charge in [-0.15, -0.1) is 11.3 Å². The number of aryl methyl sites for hydroxylation is 1. The van der Waals surface area contributed by atoms with Crippen LogP contribution in [-0.4, -0.2) is 9.97 Å². The zero-order valence-corrected chi connectivity index (χ0v) is 9.71. The summed E-state index contributed by atoms with van der Waals surface area (Å²) in [6.45, 7) is 1.87. The Morgan fingerprint density at radius 1 is 1.38 bits per heavy atom. The molecule has 2 heterocycles. The minimum absolute atomic E-state index is 0.589. The predicted molar refractivity (Wildman–Crippen MR) is 68.3 cm³/mol. The van der Waals surface area contributed by atoms with Crippen molar-refractivity contribution >= 4 is 32.9 Å². The number of fused-ring (bicyclic) bond motifs is 1. The lowest BCUT2D eigenvalue weighted by Gasteiger charge is -2.02. The molecule has 0 spiro atoms. The second-order valence-electron chi connectivity index (χ2n) is 3.81. The van der Waals surface area contributed by atoms with Crippen LogP contribution in [0.15, 0.2) is 23.6 Å². The van der Waals surface area contributed by atoms with E-state index < -0.39 is 0 Å². The van der Waals surface area contributed by atoms with Gasteiger partial charge in [-0.3, -0.25) is 0 Å². The molecule has 0 unspecified atom stereocenters. The predicted octanol–water partition coefficient (Wildman–Crippen LogP) is 2.93. The maximum Gasteiger partial charge on any atom is 0.136 e. The molecule has 0 saturated heterocycles. The van der Waals surface area contributed by atoms with E-state index in [-0.39, 0.29) is 0 Å². The third-order valence-corrected chi connectivity index (χ3v) is 3.56. The molecule has 3 rings (SSSR count). The van der Waals surface area contributed by atoms with Gasteiger partial charge in [-0.1, -0.05) is 18.2 Å². The van der Waals surface area contributed by atoms with Crippen LogP contribution in [0.2, 0.25) is 0 Å². The van der Waals surface area contributed by atoms with Crippen molar-refractivity contribution in [2.75, 3.05) is 5.73 Å². The smallest absolute Gasteiger partial charge is 0.136 e. The number of nitrogens with zero attached hydrogens (tertiary/aromatic N) is 2. The highest BCUT2D eigenvalue weighted by atomic mass is 32.1. The van der Waals surface area contributed by atoms with Crippen LogP contribution in [0.1, 0.15) is 17.8 Å². The number of nitrogens with two attached hydrogens (primary N) is 1. The van der Waals surface area contributed by atoms with Crippen molar-refractivity contribution < 1.29 is 0 Å². The molecule has 2 N–H and O–H groups in total. The van der Waals surface area contributed by atoms with Crippen molar-refractivity contribution in [1.82, 2.24) is 9.97 Å². The standard InChI is InChI=1S/C12H11N3S/c1-7-14-11(13)10-9(6-16-12(10)15-7)8-4-2-3-5-8/h2-4,6H,5H2,1H3,(H2,13,14,15). The highest BCUT2D eigenvalue weighted by molar-refractivity contribution is 7.17. The van der Waals surface area contributed by atoms with Gasteiger partial charge < -0.3 is 5.73 Å². The molecule has 4 heteroatoms. The minimum Gasteiger partial charge on any atom is -0.383 e. The molecule has 0 atom stereocenters. The first kappa shape index (κ1) is 9.54. The van der Waals surface area contributed by atoms with E-state index in [4.69, 9.17) is 5.73 Å². The number of allylic oxidation sites excluding steroid dienone is 4. The summed E-state index contributed by atoms with van der Waals surface area (Å²) in [4.78, 5) is 9.62. The molecule has 3 nitrogen and oxygen atoms in total. The SMILES string of the molecule is Cc1nc(N)c2c(C3=CC=CC3)csc2n1. The molecule has 0 fully saturated rings. The highest BCUT2D eigenvalue weighted by Crippen LogP contribution is 2.35. The molecule has 2 aromatic heterocycles. The molecule has 16 heavy (non-hydrogen) atoms. The third-order valence-electron chi connectivity index (χ3n) is 2.69. The Hall–Kier alpha value is -1.68. The van der Waals surface area contributed by atoms with E-state index in [0.29, 0.717) is 5.82 Å². The van der Waals surface area contributed by atoms with Crippen molar-refractivity contribution in [3.8, 4) is 0 Å². The van der Waals surface area contributed by atoms with Gasteiger partial charge in [0.25, 0.3) is 0 Å². The molecule has 1 aliphatic carbocycles. The lowest BCUT2D eigenvalue weighted by atomic mass is 10.1. The zero-order valence-electron chi connectivity index (χ0n) is 8.90. The van der Waals surface area contributed by atoms with Crippen molar-refractivity contribution in [2.24, 2.45) is 0 Å². The van der Waals surface area contributed by atoms with Gasteiger partial charge in [-0.25, -0.2) is 9.97 Å². The second kappa shape index (κ2) is 3.42. The van der Waals surface area contributed by atoms with Gasteiger partial charge in [0, 0.05) is 10.9 Å². The number of thiophene rings is 1. The van der Waals surface area contributed by atoms with E-state index in [9.17, 15) is 0 Å². The fourth-order valence-corrected chi connectivity index (χ4v) is 2.98. The maximum atomic E-state index is 5.98. The van der Waals surface area contributed by atoms with Crippen LogP contribution in [0, 0.1) is 6.92 Å². The van der Waals surface area contributed by atoms with Gasteiger partial charge in [0.2, 0.25) is 0 Å². The number of hydrogen-bond donors (Lipinski definition) is 1. The van der Waals surface area contributed by atoms with Crippen LogP contribution in [0.4, 0.5) is 5.82 Å². The summed E-state index contributed by atoms with van der Waals surface area (Å²) in [6, 6.07) is 0. The Morgan fingerprint density at radius 3 is 3.00 bits per heavy atom. The molecule has 80 valence electrons. The maximum absolute atomic E-state index is 5.98. The Labute approximate surface area is 97.3 Å². The fourth-order valence-electron chi connectivity index (χ4n) is 1.96. The van der Waals surface area contributed by atoms with Crippen LogP contribution in [0.3, 0.4) is 0 Å². The lowest BCUT2D eigenvalue weighted by molar-refractivity contribution is 1.11. The fraction of sp³-hybridized carbons (Fsp3) is 0.167. The van der Waals surface area contributed by atoms with Gasteiger partial charge in [-0.2, -0.15) is 0 Å². The molecule has 1 aliphatic rings. The van der Waals surface area contributed by atoms with Crippen LogP contribution < -0.4 is 5.73 Å². The second-order valence-corrected chi connectivity index (χ2v) is 4.67. The number of rotatable bonds is 1. The molecule has 0 saturated carbocycles. The van der Waals surface area contributed by atoms with E-state index in [1.807, 2.05) is 6.92 Å². The van der Waals surface area contributed by atoms with Crippen molar-refractivity contribution in [1.29, 1.82) is 0 Å². The number of aromatic nitrogens is 2. The molecule has 0 amide bonds. The van der Waals surface area contributed by atoms with Crippen LogP contribution in [0.5, 0.6) is 0 Å². The van der Waals surface area contributed by atoms with Gasteiger partial charge in [-0.05, 0) is 18.9 Å². The molecule has 0 radical (unpaired) electrons. The van der Waals surface area contributed by atoms with E-state index in [2.05, 4.69) is 33.6 Å². The quantitative estimate of drug-likeness (QED) is 0.818. The van der Waals surface area contributed by atoms with Gasteiger partial charge in [0.15, 0.2) is 0 Å². The zero-order chi connectivity index (χ0) is 11.1. The topological polar surface area (TPSA) is 51.8 Å². The largest absolute Gasteiger partial charge is 0.383 e. The summed E-state index contributed by atoms with van der Waals surface area (Å²) in [5.74, 6) is 1.32. The summed E-state index contributed by atoms with van der Waals surface area (Å²) < 4.78 is 0. The summed E-state index contributed by atoms with van der Waals surface area (Å²) in [6.07, 6.45) is 7.31. The van der Waals surface area contributed by atoms with Gasteiger partial charge in [0.05, 0.1) is 5.39 Å². The van der Waals surface area contributed by atoms with E-state index in [1.54, 1.807) is 11.3 Å². The third kappa shape index (κ3) is 1.34. The van der Waals surface area contributed by atoms with Crippen molar-refractivity contribution in [3.05, 3.63) is 35.0 Å². The van der Waals surface area contributed by atoms with Crippen LogP contribution >= 0.6 is 11.3 Å². The van der Waals surface area contributed by atoms with E-state index in [0.717, 1.165) is 22.5 Å². The van der Waals surface area contributed by atoms with Gasteiger partial charge >= 0.3 is 0 Å². The normalized spacial score (nSPS) is 14.7. The van der Waals surface area contributed by atoms with Gasteiger partial charge in [0.1, 0.15) is 16.5 Å². The van der Waals surface area contributed by atoms with Crippen LogP contribution in [0.25, 0.3) is 15.8 Å². The molecular formula is C12H11N3S. The number of nitrogen functional groups attached to an aromatic ring is 1. The Morgan fingerprint density at radius 2 is 2.25 bits per heavy atom. The summed E-state index contributed by atoms with van der Waals surface area (Å²) in [7, 11) is 0. The molecule has 0 bridgehead atoms. The first-order valence-corrected chi connectivity index (χ1v) is 6.01. The lowest BCUT2D eigenvalue weighted by Crippen LogP contribution is -1.96. The highest BCUT2D eigenvalue weighted by Gasteiger charge is 2.14. The first-order chi connectivity index (χ1) is 7.75. The summed E-state index contributed by atoms with van der Waals surface area (Å²) in [5, 5.41) is 3.12. The Kier molecular flexibility index (Phi) is 2.04. The van der Waals surface area contributed by atoms with Crippen molar-refractivity contribution in [3.63, 3.8) is 0 Å². The number of anilines is 1. The van der Waals surface area contributed by atoms with Crippen LogP contribution in [-0.2, 0) is 0 Å². The number of hydrogen-bond acceptors (Lipinski definition) is 4. The molecular weight excluding hydrogens is 218 g/mol. The Bertz CT molecular complexity index is 622. The first-order valence-electron chi connectivity index (χ1n) is 5.13. The van der Waals surface area contributed by atoms with Crippen molar-refractivity contribution in [2.45, 2.75) is 13.3 Å². The monoisotopic (exact) mass is 229 g/mol. The molecule has 0 aliphatic heterocycles. The molecule has 0 aromatic carbocycles. The van der Waals surface area contributed by atoms with E-state index in [1.165, 1.54) is 11.1 Å².